The molecular weight excluding hydrogens is 359 g/mol. The number of nitrogens with zero attached hydrogens (tertiary/aromatic N) is 2. The molecule has 21 heavy (non-hydrogen) atoms. The highest BCUT2D eigenvalue weighted by Gasteiger charge is 2.21. The number of anilines is 1. The molecule has 0 unspecified atom stereocenters. The fourth-order valence-corrected chi connectivity index (χ4v) is 3.47. The maximum absolute atomic E-state index is 11.9. The van der Waals surface area contributed by atoms with Crippen LogP contribution in [0.1, 0.15) is 16.1 Å². The highest BCUT2D eigenvalue weighted by Crippen LogP contribution is 2.37. The molecule has 0 fully saturated rings. The number of sulfonamides is 1. The van der Waals surface area contributed by atoms with Gasteiger partial charge < -0.3 is 5.32 Å². The molecule has 0 aliphatic rings. The summed E-state index contributed by atoms with van der Waals surface area (Å²) in [6.45, 7) is 1.46. The number of rotatable bonds is 3. The number of amides is 1. The summed E-state index contributed by atoms with van der Waals surface area (Å²) in [6.07, 6.45) is 0. The highest BCUT2D eigenvalue weighted by atomic mass is 35.5. The van der Waals surface area contributed by atoms with Crippen molar-refractivity contribution >= 4 is 56.4 Å². The zero-order valence-electron chi connectivity index (χ0n) is 10.4. The van der Waals surface area contributed by atoms with E-state index in [1.54, 1.807) is 0 Å². The van der Waals surface area contributed by atoms with Gasteiger partial charge in [-0.1, -0.05) is 27.7 Å². The van der Waals surface area contributed by atoms with Crippen LogP contribution in [-0.4, -0.2) is 23.9 Å². The summed E-state index contributed by atoms with van der Waals surface area (Å²) in [7, 11) is -3.97. The van der Waals surface area contributed by atoms with E-state index in [0.717, 1.165) is 17.6 Å². The maximum Gasteiger partial charge on any atom is 0.277 e. The molecule has 3 N–H and O–H groups in total. The topological polar surface area (TPSA) is 115 Å². The minimum Gasteiger partial charge on any atom is -0.318 e. The molecule has 0 aliphatic heterocycles. The fourth-order valence-electron chi connectivity index (χ4n) is 1.55. The normalized spacial score (nSPS) is 11.4. The van der Waals surface area contributed by atoms with Gasteiger partial charge >= 0.3 is 0 Å². The molecule has 0 radical (unpaired) electrons. The predicted octanol–water partition coefficient (Wildman–Crippen LogP) is 2.05. The lowest BCUT2D eigenvalue weighted by molar-refractivity contribution is 0.102. The van der Waals surface area contributed by atoms with E-state index < -0.39 is 15.9 Å². The predicted molar refractivity (Wildman–Crippen MR) is 80.4 cm³/mol. The second-order valence-corrected chi connectivity index (χ2v) is 6.88. The number of carbonyl (C=O) groups excluding carboxylic acids is 1. The Kier molecular flexibility index (Phi) is 4.49. The van der Waals surface area contributed by atoms with Gasteiger partial charge in [0, 0.05) is 5.38 Å². The van der Waals surface area contributed by atoms with E-state index in [1.807, 2.05) is 0 Å². The first-order valence-corrected chi connectivity index (χ1v) is 8.45. The highest BCUT2D eigenvalue weighted by molar-refractivity contribution is 7.89. The fraction of sp³-hybridized carbons (Fsp3) is 0.100. The van der Waals surface area contributed by atoms with Crippen LogP contribution in [0.2, 0.25) is 10.0 Å². The third-order valence-corrected chi connectivity index (χ3v) is 4.86. The number of aromatic nitrogens is 2. The second-order valence-electron chi connectivity index (χ2n) is 3.96. The Hall–Kier alpha value is -1.26. The van der Waals surface area contributed by atoms with Gasteiger partial charge in [-0.15, -0.1) is 5.10 Å². The molecule has 11 heteroatoms. The largest absolute Gasteiger partial charge is 0.318 e. The van der Waals surface area contributed by atoms with Gasteiger partial charge in [-0.25, -0.2) is 13.6 Å². The van der Waals surface area contributed by atoms with Crippen molar-refractivity contribution in [2.45, 2.75) is 11.8 Å². The summed E-state index contributed by atoms with van der Waals surface area (Å²) < 4.78 is 26.4. The Morgan fingerprint density at radius 2 is 2.10 bits per heavy atom. The summed E-state index contributed by atoms with van der Waals surface area (Å²) in [5, 5.41) is 12.5. The molecule has 1 heterocycles. The first-order valence-electron chi connectivity index (χ1n) is 5.31. The first kappa shape index (κ1) is 16.1. The van der Waals surface area contributed by atoms with Gasteiger partial charge in [-0.3, -0.25) is 4.79 Å². The van der Waals surface area contributed by atoms with Crippen LogP contribution < -0.4 is 10.5 Å². The van der Waals surface area contributed by atoms with E-state index in [2.05, 4.69) is 14.9 Å². The Morgan fingerprint density at radius 3 is 2.62 bits per heavy atom. The summed E-state index contributed by atoms with van der Waals surface area (Å²) in [5.41, 5.74) is 0.372. The maximum atomic E-state index is 11.9. The smallest absolute Gasteiger partial charge is 0.277 e. The van der Waals surface area contributed by atoms with Crippen molar-refractivity contribution in [2.24, 2.45) is 5.14 Å². The number of primary sulfonamides is 1. The van der Waals surface area contributed by atoms with E-state index >= 15 is 0 Å². The first-order chi connectivity index (χ1) is 9.71. The van der Waals surface area contributed by atoms with Crippen LogP contribution in [0.3, 0.4) is 0 Å². The van der Waals surface area contributed by atoms with Crippen LogP contribution in [0.5, 0.6) is 0 Å². The Balaban J connectivity index is 2.47. The number of carbonyl (C=O) groups is 1. The van der Waals surface area contributed by atoms with Crippen molar-refractivity contribution in [3.05, 3.63) is 32.7 Å². The van der Waals surface area contributed by atoms with E-state index in [-0.39, 0.29) is 31.9 Å². The van der Waals surface area contributed by atoms with E-state index in [1.165, 1.54) is 12.3 Å². The van der Waals surface area contributed by atoms with Gasteiger partial charge in [0.05, 0.1) is 20.6 Å². The molecule has 1 aromatic heterocycles. The van der Waals surface area contributed by atoms with Crippen LogP contribution >= 0.6 is 34.7 Å². The number of halogens is 2. The summed E-state index contributed by atoms with van der Waals surface area (Å²) in [4.78, 5) is 11.7. The Labute approximate surface area is 134 Å². The second kappa shape index (κ2) is 5.85. The summed E-state index contributed by atoms with van der Waals surface area (Å²) >= 11 is 13.0. The van der Waals surface area contributed by atoms with E-state index in [4.69, 9.17) is 28.3 Å². The van der Waals surface area contributed by atoms with E-state index in [0.29, 0.717) is 0 Å². The molecule has 0 atom stereocenters. The molecule has 0 saturated heterocycles. The monoisotopic (exact) mass is 366 g/mol. The quantitative estimate of drug-likeness (QED) is 0.862. The van der Waals surface area contributed by atoms with Crippen molar-refractivity contribution in [1.29, 1.82) is 0 Å². The minimum atomic E-state index is -3.97. The summed E-state index contributed by atoms with van der Waals surface area (Å²) in [6, 6.07) is 1.13. The molecule has 0 spiro atoms. The molecule has 0 aliphatic carbocycles. The SMILES string of the molecule is Cc1c(S(N)(=O)=O)cc(Cl)c(NC(=O)c2csnn2)c1Cl. The Bertz CT molecular complexity index is 806. The van der Waals surface area contributed by atoms with Crippen molar-refractivity contribution in [1.82, 2.24) is 9.59 Å². The molecule has 0 saturated carbocycles. The lowest BCUT2D eigenvalue weighted by Crippen LogP contribution is -2.16. The summed E-state index contributed by atoms with van der Waals surface area (Å²) in [5.74, 6) is -0.560. The minimum absolute atomic E-state index is 0.0111. The van der Waals surface area contributed by atoms with Crippen molar-refractivity contribution in [3.63, 3.8) is 0 Å². The van der Waals surface area contributed by atoms with Crippen molar-refractivity contribution in [3.8, 4) is 0 Å². The third kappa shape index (κ3) is 3.33. The zero-order chi connectivity index (χ0) is 15.8. The number of nitrogens with one attached hydrogen (secondary N) is 1. The van der Waals surface area contributed by atoms with Crippen molar-refractivity contribution < 1.29 is 13.2 Å². The van der Waals surface area contributed by atoms with Gasteiger partial charge in [0.25, 0.3) is 5.91 Å². The number of hydrogen-bond donors (Lipinski definition) is 2. The van der Waals surface area contributed by atoms with Crippen LogP contribution in [0.25, 0.3) is 0 Å². The number of benzene rings is 1. The lowest BCUT2D eigenvalue weighted by atomic mass is 10.2. The molecular formula is C10H8Cl2N4O3S2. The van der Waals surface area contributed by atoms with Crippen LogP contribution in [0, 0.1) is 6.92 Å². The van der Waals surface area contributed by atoms with Crippen LogP contribution in [0.15, 0.2) is 16.3 Å². The number of nitrogens with two attached hydrogens (primary N) is 1. The molecule has 112 valence electrons. The lowest BCUT2D eigenvalue weighted by Gasteiger charge is -2.13. The Morgan fingerprint density at radius 1 is 1.43 bits per heavy atom. The van der Waals surface area contributed by atoms with E-state index in [9.17, 15) is 13.2 Å². The molecule has 1 aromatic carbocycles. The molecule has 2 rings (SSSR count). The van der Waals surface area contributed by atoms with Gasteiger partial charge in [0.2, 0.25) is 10.0 Å². The molecule has 2 aromatic rings. The van der Waals surface area contributed by atoms with Crippen molar-refractivity contribution in [2.75, 3.05) is 5.32 Å². The number of hydrogen-bond acceptors (Lipinski definition) is 6. The van der Waals surface area contributed by atoms with Crippen LogP contribution in [0.4, 0.5) is 5.69 Å². The average molecular weight is 367 g/mol. The third-order valence-electron chi connectivity index (χ3n) is 2.55. The van der Waals surface area contributed by atoms with Crippen LogP contribution in [-0.2, 0) is 10.0 Å². The van der Waals surface area contributed by atoms with Gasteiger partial charge in [0.15, 0.2) is 5.69 Å². The molecule has 7 nitrogen and oxygen atoms in total. The molecule has 1 amide bonds. The zero-order valence-corrected chi connectivity index (χ0v) is 13.6. The van der Waals surface area contributed by atoms with Gasteiger partial charge in [-0.2, -0.15) is 0 Å². The average Bonchev–Trinajstić information content (AvgIpc) is 2.91. The standard InChI is InChI=1S/C10H8Cl2N4O3S2/c1-4-7(21(13,18)19)2-5(11)9(8(4)12)14-10(17)6-3-20-16-15-6/h2-3H,1H3,(H,14,17)(H2,13,18,19). The van der Waals surface area contributed by atoms with Gasteiger partial charge in [0.1, 0.15) is 0 Å². The molecule has 0 bridgehead atoms. The van der Waals surface area contributed by atoms with Gasteiger partial charge in [-0.05, 0) is 30.1 Å².